The Balaban J connectivity index is 2.72. The zero-order chi connectivity index (χ0) is 12.1. The van der Waals surface area contributed by atoms with Crippen LogP contribution in [0.25, 0.3) is 0 Å². The lowest BCUT2D eigenvalue weighted by atomic mass is 10.1. The maximum Gasteiger partial charge on any atom is 0.335 e. The topological polar surface area (TPSA) is 69.6 Å². The Morgan fingerprint density at radius 1 is 1.56 bits per heavy atom. The third-order valence-corrected chi connectivity index (χ3v) is 2.48. The van der Waals surface area contributed by atoms with Gasteiger partial charge in [-0.05, 0) is 24.1 Å². The minimum Gasteiger partial charge on any atom is -0.478 e. The molecule has 0 aromatic heterocycles. The highest BCUT2D eigenvalue weighted by Crippen LogP contribution is 2.23. The van der Waals surface area contributed by atoms with E-state index in [0.29, 0.717) is 17.3 Å². The molecule has 0 saturated carbocycles. The summed E-state index contributed by atoms with van der Waals surface area (Å²) in [5, 5.41) is 21.0. The molecule has 0 spiro atoms. The maximum absolute atomic E-state index is 10.7. The fraction of sp³-hybridized carbons (Fsp3) is 0.364. The largest absolute Gasteiger partial charge is 0.478 e. The summed E-state index contributed by atoms with van der Waals surface area (Å²) in [6, 6.07) is 4.51. The molecule has 0 fully saturated rings. The van der Waals surface area contributed by atoms with Crippen molar-refractivity contribution in [2.45, 2.75) is 6.92 Å². The number of aliphatic hydroxyl groups excluding tert-OH is 1. The summed E-state index contributed by atoms with van der Waals surface area (Å²) in [4.78, 5) is 10.7. The number of hydrogen-bond donors (Lipinski definition) is 3. The molecule has 4 nitrogen and oxygen atoms in total. The minimum absolute atomic E-state index is 0.0951. The number of rotatable bonds is 5. The number of carboxylic acids is 1. The number of aliphatic hydroxyl groups is 1. The van der Waals surface area contributed by atoms with E-state index in [-0.39, 0.29) is 18.1 Å². The smallest absolute Gasteiger partial charge is 0.335 e. The van der Waals surface area contributed by atoms with E-state index in [9.17, 15) is 4.79 Å². The predicted octanol–water partition coefficient (Wildman–Crippen LogP) is 2.08. The number of halogens is 1. The first-order valence-corrected chi connectivity index (χ1v) is 5.30. The van der Waals surface area contributed by atoms with E-state index in [1.807, 2.05) is 6.92 Å². The highest BCUT2D eigenvalue weighted by molar-refractivity contribution is 6.33. The van der Waals surface area contributed by atoms with Gasteiger partial charge < -0.3 is 15.5 Å². The van der Waals surface area contributed by atoms with E-state index in [1.54, 1.807) is 6.07 Å². The van der Waals surface area contributed by atoms with Crippen LogP contribution in [0.4, 0.5) is 5.69 Å². The van der Waals surface area contributed by atoms with Crippen molar-refractivity contribution in [2.24, 2.45) is 5.92 Å². The van der Waals surface area contributed by atoms with Crippen molar-refractivity contribution >= 4 is 23.3 Å². The number of benzene rings is 1. The van der Waals surface area contributed by atoms with E-state index in [1.165, 1.54) is 12.1 Å². The highest BCUT2D eigenvalue weighted by atomic mass is 35.5. The molecule has 0 saturated heterocycles. The molecule has 0 aliphatic rings. The van der Waals surface area contributed by atoms with Crippen LogP contribution in [0.5, 0.6) is 0 Å². The van der Waals surface area contributed by atoms with Gasteiger partial charge in [-0.25, -0.2) is 4.79 Å². The summed E-state index contributed by atoms with van der Waals surface area (Å²) in [6.45, 7) is 2.58. The molecule has 16 heavy (non-hydrogen) atoms. The number of anilines is 1. The van der Waals surface area contributed by atoms with Crippen LogP contribution in [0.3, 0.4) is 0 Å². The summed E-state index contributed by atoms with van der Waals surface area (Å²) < 4.78 is 0. The Bertz CT molecular complexity index is 381. The van der Waals surface area contributed by atoms with Gasteiger partial charge in [0.1, 0.15) is 0 Å². The third kappa shape index (κ3) is 3.40. The first kappa shape index (κ1) is 12.8. The maximum atomic E-state index is 10.7. The number of hydrogen-bond acceptors (Lipinski definition) is 3. The zero-order valence-corrected chi connectivity index (χ0v) is 9.66. The third-order valence-electron chi connectivity index (χ3n) is 2.17. The second-order valence-electron chi connectivity index (χ2n) is 3.67. The van der Waals surface area contributed by atoms with E-state index in [0.717, 1.165) is 0 Å². The SMILES string of the molecule is CC(CO)CNc1ccc(C(=O)O)cc1Cl. The molecule has 0 aliphatic carbocycles. The number of nitrogens with one attached hydrogen (secondary N) is 1. The lowest BCUT2D eigenvalue weighted by Gasteiger charge is -2.12. The average Bonchev–Trinajstić information content (AvgIpc) is 2.26. The van der Waals surface area contributed by atoms with Gasteiger partial charge in [-0.2, -0.15) is 0 Å². The van der Waals surface area contributed by atoms with Gasteiger partial charge in [0.25, 0.3) is 0 Å². The molecular formula is C11H14ClNO3. The molecule has 5 heteroatoms. The Hall–Kier alpha value is -1.26. The molecule has 0 amide bonds. The van der Waals surface area contributed by atoms with Crippen LogP contribution in [-0.2, 0) is 0 Å². The molecular weight excluding hydrogens is 230 g/mol. The molecule has 0 aliphatic heterocycles. The van der Waals surface area contributed by atoms with Gasteiger partial charge >= 0.3 is 5.97 Å². The van der Waals surface area contributed by atoms with E-state index in [2.05, 4.69) is 5.32 Å². The lowest BCUT2D eigenvalue weighted by molar-refractivity contribution is 0.0697. The van der Waals surface area contributed by atoms with Crippen molar-refractivity contribution in [2.75, 3.05) is 18.5 Å². The number of carbonyl (C=O) groups is 1. The van der Waals surface area contributed by atoms with Crippen molar-refractivity contribution in [3.8, 4) is 0 Å². The van der Waals surface area contributed by atoms with Gasteiger partial charge in [-0.15, -0.1) is 0 Å². The fourth-order valence-electron chi connectivity index (χ4n) is 1.14. The van der Waals surface area contributed by atoms with Crippen LogP contribution < -0.4 is 5.32 Å². The first-order chi connectivity index (χ1) is 7.54. The van der Waals surface area contributed by atoms with Crippen LogP contribution in [0.1, 0.15) is 17.3 Å². The van der Waals surface area contributed by atoms with Gasteiger partial charge in [0.15, 0.2) is 0 Å². The van der Waals surface area contributed by atoms with Gasteiger partial charge in [0, 0.05) is 13.2 Å². The van der Waals surface area contributed by atoms with Crippen molar-refractivity contribution in [1.82, 2.24) is 0 Å². The van der Waals surface area contributed by atoms with Gasteiger partial charge in [0.2, 0.25) is 0 Å². The molecule has 3 N–H and O–H groups in total. The molecule has 88 valence electrons. The van der Waals surface area contributed by atoms with Gasteiger partial charge in [0.05, 0.1) is 16.3 Å². The van der Waals surface area contributed by atoms with Crippen molar-refractivity contribution < 1.29 is 15.0 Å². The number of carboxylic acid groups (broad SMARTS) is 1. The second kappa shape index (κ2) is 5.72. The molecule has 0 radical (unpaired) electrons. The molecule has 1 atom stereocenters. The minimum atomic E-state index is -1.00. The normalized spacial score (nSPS) is 12.2. The summed E-state index contributed by atoms with van der Waals surface area (Å²) in [6.07, 6.45) is 0. The quantitative estimate of drug-likeness (QED) is 0.741. The zero-order valence-electron chi connectivity index (χ0n) is 8.90. The fourth-order valence-corrected chi connectivity index (χ4v) is 1.39. The summed E-state index contributed by atoms with van der Waals surface area (Å²) in [7, 11) is 0. The molecule has 1 aromatic rings. The number of aromatic carboxylic acids is 1. The van der Waals surface area contributed by atoms with Crippen LogP contribution in [0.2, 0.25) is 5.02 Å². The monoisotopic (exact) mass is 243 g/mol. The molecule has 0 bridgehead atoms. The van der Waals surface area contributed by atoms with E-state index >= 15 is 0 Å². The Kier molecular flexibility index (Phi) is 4.58. The van der Waals surface area contributed by atoms with Crippen LogP contribution in [0, 0.1) is 5.92 Å². The van der Waals surface area contributed by atoms with Gasteiger partial charge in [-0.3, -0.25) is 0 Å². The highest BCUT2D eigenvalue weighted by Gasteiger charge is 2.07. The van der Waals surface area contributed by atoms with Crippen LogP contribution in [0.15, 0.2) is 18.2 Å². The summed E-state index contributed by atoms with van der Waals surface area (Å²) >= 11 is 5.91. The summed E-state index contributed by atoms with van der Waals surface area (Å²) in [5.74, 6) is -0.882. The lowest BCUT2D eigenvalue weighted by Crippen LogP contribution is -2.14. The van der Waals surface area contributed by atoms with Crippen molar-refractivity contribution in [3.63, 3.8) is 0 Å². The van der Waals surface area contributed by atoms with E-state index in [4.69, 9.17) is 21.8 Å². The van der Waals surface area contributed by atoms with Crippen molar-refractivity contribution in [3.05, 3.63) is 28.8 Å². The summed E-state index contributed by atoms with van der Waals surface area (Å²) in [5.41, 5.74) is 0.831. The van der Waals surface area contributed by atoms with Crippen LogP contribution >= 0.6 is 11.6 Å². The van der Waals surface area contributed by atoms with Gasteiger partial charge in [-0.1, -0.05) is 18.5 Å². The predicted molar refractivity (Wildman–Crippen MR) is 63.2 cm³/mol. The van der Waals surface area contributed by atoms with E-state index < -0.39 is 5.97 Å². The second-order valence-corrected chi connectivity index (χ2v) is 4.08. The standard InChI is InChI=1S/C11H14ClNO3/c1-7(6-14)5-13-10-3-2-8(11(15)16)4-9(10)12/h2-4,7,13-14H,5-6H2,1H3,(H,15,16). The Morgan fingerprint density at radius 3 is 2.75 bits per heavy atom. The molecule has 1 rings (SSSR count). The molecule has 0 heterocycles. The molecule has 1 aromatic carbocycles. The average molecular weight is 244 g/mol. The first-order valence-electron chi connectivity index (χ1n) is 4.92. The molecule has 1 unspecified atom stereocenters. The van der Waals surface area contributed by atoms with Crippen LogP contribution in [-0.4, -0.2) is 29.3 Å². The Labute approximate surface area is 98.9 Å². The van der Waals surface area contributed by atoms with Crippen molar-refractivity contribution in [1.29, 1.82) is 0 Å². The Morgan fingerprint density at radius 2 is 2.25 bits per heavy atom.